The molecule has 3 aromatic rings. The van der Waals surface area contributed by atoms with Crippen LogP contribution in [-0.2, 0) is 11.3 Å². The van der Waals surface area contributed by atoms with Gasteiger partial charge in [0.2, 0.25) is 17.7 Å². The lowest BCUT2D eigenvalue weighted by Gasteiger charge is -2.19. The van der Waals surface area contributed by atoms with Crippen LogP contribution in [0.4, 0.5) is 4.79 Å². The molecule has 0 aliphatic heterocycles. The molecule has 11 nitrogen and oxygen atoms in total. The molecule has 142 valence electrons. The third-order valence-corrected chi connectivity index (χ3v) is 3.00. The van der Waals surface area contributed by atoms with Crippen LogP contribution in [0.1, 0.15) is 37.2 Å². The van der Waals surface area contributed by atoms with Crippen LogP contribution in [0.5, 0.6) is 0 Å². The van der Waals surface area contributed by atoms with Gasteiger partial charge in [-0.15, -0.1) is 0 Å². The van der Waals surface area contributed by atoms with E-state index in [9.17, 15) is 9.59 Å². The second kappa shape index (κ2) is 6.94. The fraction of sp³-hybridized carbons (Fsp3) is 0.312. The Bertz CT molecular complexity index is 963. The predicted octanol–water partition coefficient (Wildman–Crippen LogP) is 2.71. The second-order valence-electron chi connectivity index (χ2n) is 6.36. The number of ether oxygens (including phenoxy) is 1. The van der Waals surface area contributed by atoms with Crippen molar-refractivity contribution < 1.29 is 32.7 Å². The first-order chi connectivity index (χ1) is 12.7. The fourth-order valence-electron chi connectivity index (χ4n) is 1.93. The van der Waals surface area contributed by atoms with E-state index in [2.05, 4.69) is 20.3 Å². The zero-order valence-electron chi connectivity index (χ0n) is 14.7. The summed E-state index contributed by atoms with van der Waals surface area (Å²) in [5, 5.41) is 11.4. The molecule has 0 saturated heterocycles. The van der Waals surface area contributed by atoms with Gasteiger partial charge < -0.3 is 28.4 Å². The Labute approximate surface area is 152 Å². The number of alkyl carbamates (subject to hydrolysis) is 1. The monoisotopic (exact) mass is 376 g/mol. The second-order valence-corrected chi connectivity index (χ2v) is 6.36. The quantitative estimate of drug-likeness (QED) is 0.679. The summed E-state index contributed by atoms with van der Waals surface area (Å²) < 4.78 is 20.7. The summed E-state index contributed by atoms with van der Waals surface area (Å²) in [5.41, 5.74) is -0.367. The smallest absolute Gasteiger partial charge is 0.408 e. The minimum atomic E-state index is -1.22. The molecular formula is C16H16N4O7. The number of amides is 1. The molecule has 0 bridgehead atoms. The van der Waals surface area contributed by atoms with Crippen molar-refractivity contribution in [2.24, 2.45) is 0 Å². The topological polar surface area (TPSA) is 154 Å². The highest BCUT2D eigenvalue weighted by molar-refractivity contribution is 5.85. The summed E-state index contributed by atoms with van der Waals surface area (Å²) >= 11 is 0. The largest absolute Gasteiger partial charge is 0.476 e. The van der Waals surface area contributed by atoms with Crippen molar-refractivity contribution in [1.82, 2.24) is 20.3 Å². The number of hydrogen-bond donors (Lipinski definition) is 2. The van der Waals surface area contributed by atoms with E-state index < -0.39 is 17.7 Å². The Kier molecular flexibility index (Phi) is 4.67. The summed E-state index contributed by atoms with van der Waals surface area (Å²) in [5.74, 6) is -0.878. The molecule has 27 heavy (non-hydrogen) atoms. The van der Waals surface area contributed by atoms with Crippen molar-refractivity contribution in [2.75, 3.05) is 0 Å². The van der Waals surface area contributed by atoms with Crippen molar-refractivity contribution in [3.8, 4) is 23.2 Å². The molecule has 11 heteroatoms. The maximum absolute atomic E-state index is 11.6. The van der Waals surface area contributed by atoms with Crippen LogP contribution in [0.2, 0.25) is 0 Å². The molecule has 0 aliphatic carbocycles. The molecule has 3 rings (SSSR count). The standard InChI is InChI=1S/C16H16N4O7/c1-16(2,3)27-15(23)17-4-11-18-8(5-24-11)12-19-9(6-25-12)13-20-10(7-26-13)14(21)22/h5-7H,4H2,1-3H3,(H,17,23)(H,21,22). The highest BCUT2D eigenvalue weighted by Crippen LogP contribution is 2.24. The Balaban J connectivity index is 1.65. The van der Waals surface area contributed by atoms with Crippen LogP contribution in [0.25, 0.3) is 23.2 Å². The SMILES string of the molecule is CC(C)(C)OC(=O)NCc1nc(-c2nc(-c3nc(C(=O)O)co3)co2)co1. The molecule has 0 fully saturated rings. The number of carbonyl (C=O) groups is 2. The van der Waals surface area contributed by atoms with Gasteiger partial charge in [-0.25, -0.2) is 24.5 Å². The highest BCUT2D eigenvalue weighted by Gasteiger charge is 2.19. The molecule has 0 unspecified atom stereocenters. The van der Waals surface area contributed by atoms with E-state index in [-0.39, 0.29) is 41.3 Å². The molecule has 0 spiro atoms. The van der Waals surface area contributed by atoms with Crippen LogP contribution in [-0.4, -0.2) is 37.7 Å². The van der Waals surface area contributed by atoms with E-state index in [1.807, 2.05) is 0 Å². The number of hydrogen-bond acceptors (Lipinski definition) is 9. The van der Waals surface area contributed by atoms with E-state index in [0.29, 0.717) is 0 Å². The first-order valence-corrected chi connectivity index (χ1v) is 7.77. The van der Waals surface area contributed by atoms with Gasteiger partial charge in [-0.2, -0.15) is 0 Å². The fourth-order valence-corrected chi connectivity index (χ4v) is 1.93. The number of rotatable bonds is 5. The molecule has 1 amide bonds. The molecule has 3 aromatic heterocycles. The van der Waals surface area contributed by atoms with Gasteiger partial charge in [0, 0.05) is 0 Å². The van der Waals surface area contributed by atoms with Crippen LogP contribution in [0, 0.1) is 0 Å². The van der Waals surface area contributed by atoms with Gasteiger partial charge in [0.1, 0.15) is 24.4 Å². The number of nitrogens with zero attached hydrogens (tertiary/aromatic N) is 3. The molecular weight excluding hydrogens is 360 g/mol. The number of aromatic nitrogens is 3. The minimum absolute atomic E-state index is 0.00212. The third kappa shape index (κ3) is 4.51. The van der Waals surface area contributed by atoms with Gasteiger partial charge in [-0.1, -0.05) is 0 Å². The zero-order chi connectivity index (χ0) is 19.6. The number of carboxylic acids is 1. The number of nitrogens with one attached hydrogen (secondary N) is 1. The normalized spacial score (nSPS) is 11.4. The first-order valence-electron chi connectivity index (χ1n) is 7.77. The molecule has 0 aliphatic rings. The zero-order valence-corrected chi connectivity index (χ0v) is 14.7. The maximum atomic E-state index is 11.6. The van der Waals surface area contributed by atoms with Crippen molar-refractivity contribution in [3.63, 3.8) is 0 Å². The number of oxazole rings is 3. The number of carbonyl (C=O) groups excluding carboxylic acids is 1. The number of aromatic carboxylic acids is 1. The summed E-state index contributed by atoms with van der Waals surface area (Å²) in [7, 11) is 0. The van der Waals surface area contributed by atoms with E-state index in [1.165, 1.54) is 12.5 Å². The lowest BCUT2D eigenvalue weighted by atomic mass is 10.2. The Hall–Kier alpha value is -3.63. The maximum Gasteiger partial charge on any atom is 0.408 e. The van der Waals surface area contributed by atoms with Gasteiger partial charge in [-0.3, -0.25) is 0 Å². The van der Waals surface area contributed by atoms with Gasteiger partial charge >= 0.3 is 12.1 Å². The highest BCUT2D eigenvalue weighted by atomic mass is 16.6. The Morgan fingerprint density at radius 1 is 1.04 bits per heavy atom. The van der Waals surface area contributed by atoms with Crippen LogP contribution < -0.4 is 5.32 Å². The van der Waals surface area contributed by atoms with Crippen LogP contribution in [0.3, 0.4) is 0 Å². The van der Waals surface area contributed by atoms with E-state index >= 15 is 0 Å². The van der Waals surface area contributed by atoms with Gasteiger partial charge in [0.05, 0.1) is 6.54 Å². The van der Waals surface area contributed by atoms with Crippen LogP contribution >= 0.6 is 0 Å². The number of carboxylic acid groups (broad SMARTS) is 1. The van der Waals surface area contributed by atoms with Gasteiger partial charge in [0.15, 0.2) is 17.1 Å². The molecule has 0 radical (unpaired) electrons. The molecule has 3 heterocycles. The van der Waals surface area contributed by atoms with Crippen LogP contribution in [0.15, 0.2) is 32.0 Å². The summed E-state index contributed by atoms with van der Waals surface area (Å²) in [6, 6.07) is 0. The summed E-state index contributed by atoms with van der Waals surface area (Å²) in [4.78, 5) is 34.5. The Morgan fingerprint density at radius 2 is 1.67 bits per heavy atom. The van der Waals surface area contributed by atoms with Gasteiger partial charge in [0.25, 0.3) is 0 Å². The van der Waals surface area contributed by atoms with Crippen molar-refractivity contribution in [3.05, 3.63) is 30.4 Å². The third-order valence-electron chi connectivity index (χ3n) is 3.00. The summed E-state index contributed by atoms with van der Waals surface area (Å²) in [6.45, 7) is 5.28. The lowest BCUT2D eigenvalue weighted by Crippen LogP contribution is -2.32. The molecule has 0 atom stereocenters. The van der Waals surface area contributed by atoms with E-state index in [0.717, 1.165) is 6.26 Å². The van der Waals surface area contributed by atoms with Gasteiger partial charge in [-0.05, 0) is 20.8 Å². The van der Waals surface area contributed by atoms with Crippen molar-refractivity contribution >= 4 is 12.1 Å². The van der Waals surface area contributed by atoms with Crippen molar-refractivity contribution in [1.29, 1.82) is 0 Å². The molecule has 2 N–H and O–H groups in total. The average molecular weight is 376 g/mol. The van der Waals surface area contributed by atoms with E-state index in [4.69, 9.17) is 23.1 Å². The van der Waals surface area contributed by atoms with Crippen molar-refractivity contribution in [2.45, 2.75) is 32.9 Å². The van der Waals surface area contributed by atoms with E-state index in [1.54, 1.807) is 20.8 Å². The average Bonchev–Trinajstić information content (AvgIpc) is 3.29. The summed E-state index contributed by atoms with van der Waals surface area (Å²) in [6.07, 6.45) is 2.96. The predicted molar refractivity (Wildman–Crippen MR) is 87.5 cm³/mol. The Morgan fingerprint density at radius 3 is 2.33 bits per heavy atom. The molecule has 0 saturated carbocycles. The minimum Gasteiger partial charge on any atom is -0.476 e. The lowest BCUT2D eigenvalue weighted by molar-refractivity contribution is 0.0518. The molecule has 0 aromatic carbocycles. The first kappa shape index (κ1) is 18.2.